The number of halogens is 1. The molecular formula is C22H15FO5. The normalized spacial score (nSPS) is 10.2. The fourth-order valence-electron chi connectivity index (χ4n) is 2.40. The zero-order valence-electron chi connectivity index (χ0n) is 14.7. The Morgan fingerprint density at radius 3 is 2.00 bits per heavy atom. The predicted molar refractivity (Wildman–Crippen MR) is 101 cm³/mol. The van der Waals surface area contributed by atoms with Crippen molar-refractivity contribution in [3.8, 4) is 34.1 Å². The van der Waals surface area contributed by atoms with Crippen molar-refractivity contribution in [1.29, 1.82) is 0 Å². The molecule has 2 aromatic carbocycles. The summed E-state index contributed by atoms with van der Waals surface area (Å²) in [5, 5.41) is 0. The first-order valence-corrected chi connectivity index (χ1v) is 8.19. The summed E-state index contributed by atoms with van der Waals surface area (Å²) in [6, 6.07) is 14.0. The van der Waals surface area contributed by atoms with Crippen molar-refractivity contribution in [2.24, 2.45) is 0 Å². The van der Waals surface area contributed by atoms with E-state index in [0.717, 1.165) is 23.8 Å². The molecule has 0 fully saturated rings. The van der Waals surface area contributed by atoms with Gasteiger partial charge in [0.25, 0.3) is 0 Å². The topological polar surface area (TPSA) is 65.7 Å². The Hall–Kier alpha value is -3.93. The minimum atomic E-state index is -0.672. The van der Waals surface area contributed by atoms with Gasteiger partial charge in [0.2, 0.25) is 0 Å². The number of furan rings is 1. The van der Waals surface area contributed by atoms with E-state index in [2.05, 4.69) is 13.2 Å². The number of benzene rings is 2. The molecule has 0 atom stereocenters. The van der Waals surface area contributed by atoms with Crippen molar-refractivity contribution in [3.63, 3.8) is 0 Å². The van der Waals surface area contributed by atoms with Crippen LogP contribution < -0.4 is 9.47 Å². The molecule has 1 heterocycles. The van der Waals surface area contributed by atoms with Gasteiger partial charge in [0.15, 0.2) is 0 Å². The monoisotopic (exact) mass is 378 g/mol. The van der Waals surface area contributed by atoms with Crippen LogP contribution in [0.5, 0.6) is 11.5 Å². The third-order valence-electron chi connectivity index (χ3n) is 3.72. The second kappa shape index (κ2) is 8.18. The average molecular weight is 378 g/mol. The SMILES string of the molecule is C=CC(=O)Oc1ccc(-c2ccc(-c3ccc(OC(=O)C=C)cc3F)o2)cc1. The summed E-state index contributed by atoms with van der Waals surface area (Å²) in [6.07, 6.45) is 2.07. The summed E-state index contributed by atoms with van der Waals surface area (Å²) in [5.41, 5.74) is 0.947. The molecule has 0 N–H and O–H groups in total. The van der Waals surface area contributed by atoms with E-state index in [-0.39, 0.29) is 11.3 Å². The molecule has 6 heteroatoms. The second-order valence-electron chi connectivity index (χ2n) is 5.58. The maximum atomic E-state index is 14.4. The molecule has 0 bridgehead atoms. The Morgan fingerprint density at radius 1 is 0.821 bits per heavy atom. The molecule has 3 rings (SSSR count). The van der Waals surface area contributed by atoms with Gasteiger partial charge >= 0.3 is 11.9 Å². The molecular weight excluding hydrogens is 363 g/mol. The van der Waals surface area contributed by atoms with E-state index in [0.29, 0.717) is 17.3 Å². The van der Waals surface area contributed by atoms with Crippen molar-refractivity contribution in [2.45, 2.75) is 0 Å². The molecule has 3 aromatic rings. The van der Waals surface area contributed by atoms with Crippen LogP contribution in [0.25, 0.3) is 22.6 Å². The third kappa shape index (κ3) is 4.24. The Kier molecular flexibility index (Phi) is 5.50. The van der Waals surface area contributed by atoms with Gasteiger partial charge in [-0.2, -0.15) is 0 Å². The Morgan fingerprint density at radius 2 is 1.39 bits per heavy atom. The quantitative estimate of drug-likeness (QED) is 0.345. The lowest BCUT2D eigenvalue weighted by molar-refractivity contribution is -0.129. The Balaban J connectivity index is 1.80. The van der Waals surface area contributed by atoms with Crippen molar-refractivity contribution >= 4 is 11.9 Å². The van der Waals surface area contributed by atoms with Crippen LogP contribution in [0, 0.1) is 5.82 Å². The van der Waals surface area contributed by atoms with E-state index in [1.165, 1.54) is 12.1 Å². The van der Waals surface area contributed by atoms with Gasteiger partial charge in [0, 0.05) is 23.8 Å². The highest BCUT2D eigenvalue weighted by molar-refractivity contribution is 5.84. The summed E-state index contributed by atoms with van der Waals surface area (Å²) < 4.78 is 30.0. The summed E-state index contributed by atoms with van der Waals surface area (Å²) >= 11 is 0. The molecule has 0 aliphatic carbocycles. The minimum Gasteiger partial charge on any atom is -0.456 e. The fraction of sp³-hybridized carbons (Fsp3) is 0. The van der Waals surface area contributed by atoms with Crippen LogP contribution in [-0.2, 0) is 9.59 Å². The maximum Gasteiger partial charge on any atom is 0.335 e. The first kappa shape index (κ1) is 18.8. The molecule has 0 saturated heterocycles. The second-order valence-corrected chi connectivity index (χ2v) is 5.58. The lowest BCUT2D eigenvalue weighted by Gasteiger charge is -2.05. The fourth-order valence-corrected chi connectivity index (χ4v) is 2.40. The zero-order chi connectivity index (χ0) is 20.1. The van der Waals surface area contributed by atoms with Crippen LogP contribution in [0.1, 0.15) is 0 Å². The highest BCUT2D eigenvalue weighted by Crippen LogP contribution is 2.32. The lowest BCUT2D eigenvalue weighted by atomic mass is 10.1. The molecule has 0 aliphatic rings. The molecule has 1 aromatic heterocycles. The summed E-state index contributed by atoms with van der Waals surface area (Å²) in [7, 11) is 0. The Labute approximate surface area is 160 Å². The van der Waals surface area contributed by atoms with Gasteiger partial charge in [0.1, 0.15) is 28.8 Å². The molecule has 5 nitrogen and oxygen atoms in total. The predicted octanol–water partition coefficient (Wildman–Crippen LogP) is 4.94. The first-order valence-electron chi connectivity index (χ1n) is 8.19. The number of ether oxygens (including phenoxy) is 2. The van der Waals surface area contributed by atoms with E-state index < -0.39 is 17.8 Å². The van der Waals surface area contributed by atoms with Crippen LogP contribution in [0.2, 0.25) is 0 Å². The van der Waals surface area contributed by atoms with Crippen molar-refractivity contribution < 1.29 is 27.9 Å². The summed E-state index contributed by atoms with van der Waals surface area (Å²) in [5.74, 6) is -0.546. The van der Waals surface area contributed by atoms with Gasteiger partial charge < -0.3 is 13.9 Å². The minimum absolute atomic E-state index is 0.0718. The number of rotatable bonds is 6. The van der Waals surface area contributed by atoms with Crippen molar-refractivity contribution in [2.75, 3.05) is 0 Å². The van der Waals surface area contributed by atoms with Gasteiger partial charge in [-0.25, -0.2) is 14.0 Å². The molecule has 140 valence electrons. The Bertz CT molecular complexity index is 1050. The van der Waals surface area contributed by atoms with Gasteiger partial charge in [-0.15, -0.1) is 0 Å². The van der Waals surface area contributed by atoms with Crippen LogP contribution >= 0.6 is 0 Å². The van der Waals surface area contributed by atoms with Crippen molar-refractivity contribution in [3.05, 3.63) is 85.7 Å². The number of carbonyl (C=O) groups is 2. The van der Waals surface area contributed by atoms with Gasteiger partial charge in [-0.1, -0.05) is 13.2 Å². The first-order chi connectivity index (χ1) is 13.5. The van der Waals surface area contributed by atoms with Crippen LogP contribution in [0.4, 0.5) is 4.39 Å². The standard InChI is InChI=1S/C22H15FO5/c1-3-21(24)26-15-7-5-14(6-8-15)19-11-12-20(28-19)17-10-9-16(13-18(17)23)27-22(25)4-2/h3-13H,1-2H2. The van der Waals surface area contributed by atoms with E-state index >= 15 is 0 Å². The van der Waals surface area contributed by atoms with E-state index in [9.17, 15) is 14.0 Å². The molecule has 0 unspecified atom stereocenters. The number of hydrogen-bond donors (Lipinski definition) is 0. The molecule has 0 aliphatic heterocycles. The average Bonchev–Trinajstić information content (AvgIpc) is 3.18. The third-order valence-corrected chi connectivity index (χ3v) is 3.72. The smallest absolute Gasteiger partial charge is 0.335 e. The number of carbonyl (C=O) groups excluding carboxylic acids is 2. The number of hydrogen-bond acceptors (Lipinski definition) is 5. The van der Waals surface area contributed by atoms with Crippen molar-refractivity contribution in [1.82, 2.24) is 0 Å². The molecule has 0 amide bonds. The molecule has 0 spiro atoms. The van der Waals surface area contributed by atoms with Crippen LogP contribution in [0.15, 0.2) is 84.3 Å². The summed E-state index contributed by atoms with van der Waals surface area (Å²) in [6.45, 7) is 6.62. The highest BCUT2D eigenvalue weighted by Gasteiger charge is 2.13. The number of esters is 2. The zero-order valence-corrected chi connectivity index (χ0v) is 14.7. The van der Waals surface area contributed by atoms with Gasteiger partial charge in [0.05, 0.1) is 5.56 Å². The van der Waals surface area contributed by atoms with E-state index in [1.807, 2.05) is 0 Å². The molecule has 28 heavy (non-hydrogen) atoms. The lowest BCUT2D eigenvalue weighted by Crippen LogP contribution is -2.03. The highest BCUT2D eigenvalue weighted by atomic mass is 19.1. The molecule has 0 radical (unpaired) electrons. The van der Waals surface area contributed by atoms with Crippen LogP contribution in [0.3, 0.4) is 0 Å². The summed E-state index contributed by atoms with van der Waals surface area (Å²) in [4.78, 5) is 22.4. The van der Waals surface area contributed by atoms with Crippen LogP contribution in [-0.4, -0.2) is 11.9 Å². The van der Waals surface area contributed by atoms with E-state index in [4.69, 9.17) is 13.9 Å². The largest absolute Gasteiger partial charge is 0.456 e. The van der Waals surface area contributed by atoms with Gasteiger partial charge in [-0.3, -0.25) is 0 Å². The van der Waals surface area contributed by atoms with Gasteiger partial charge in [-0.05, 0) is 48.5 Å². The van der Waals surface area contributed by atoms with E-state index in [1.54, 1.807) is 36.4 Å². The molecule has 0 saturated carbocycles. The maximum absolute atomic E-state index is 14.4.